The molecule has 0 bridgehead atoms. The molecular weight excluding hydrogens is 464 g/mol. The van der Waals surface area contributed by atoms with Crippen LogP contribution < -0.4 is 0 Å². The summed E-state index contributed by atoms with van der Waals surface area (Å²) >= 11 is 0. The molecule has 0 unspecified atom stereocenters. The highest BCUT2D eigenvalue weighted by molar-refractivity contribution is 5.89. The Kier molecular flexibility index (Phi) is 7.28. The first-order chi connectivity index (χ1) is 17.7. The maximum atomic E-state index is 13.8. The van der Waals surface area contributed by atoms with Gasteiger partial charge in [0.05, 0.1) is 12.7 Å². The van der Waals surface area contributed by atoms with E-state index in [9.17, 15) is 14.4 Å². The molecule has 0 aliphatic heterocycles. The van der Waals surface area contributed by atoms with E-state index in [0.29, 0.717) is 53.8 Å². The molecule has 4 saturated carbocycles. The molecule has 0 spiro atoms. The van der Waals surface area contributed by atoms with Crippen molar-refractivity contribution in [2.75, 3.05) is 7.11 Å². The zero-order valence-corrected chi connectivity index (χ0v) is 23.0. The monoisotopic (exact) mass is 508 g/mol. The summed E-state index contributed by atoms with van der Waals surface area (Å²) in [6, 6.07) is 9.22. The number of hydrogen-bond acceptors (Lipinski definition) is 5. The number of Topliss-reactive ketones (excluding diaryl/α,β-unsaturated/α-hetero) is 1. The summed E-state index contributed by atoms with van der Waals surface area (Å²) in [6.07, 6.45) is 9.19. The van der Waals surface area contributed by atoms with Crippen LogP contribution in [0.4, 0.5) is 0 Å². The average molecular weight is 509 g/mol. The number of rotatable bonds is 6. The number of benzene rings is 1. The van der Waals surface area contributed by atoms with E-state index in [1.54, 1.807) is 12.1 Å². The van der Waals surface area contributed by atoms with E-state index in [0.717, 1.165) is 44.9 Å². The van der Waals surface area contributed by atoms with Gasteiger partial charge in [0.2, 0.25) is 0 Å². The van der Waals surface area contributed by atoms with Gasteiger partial charge in [0.15, 0.2) is 0 Å². The number of hydrogen-bond donors (Lipinski definition) is 0. The topological polar surface area (TPSA) is 69.7 Å². The number of esters is 2. The lowest BCUT2D eigenvalue weighted by atomic mass is 9.44. The van der Waals surface area contributed by atoms with Crippen LogP contribution in [-0.2, 0) is 19.1 Å². The predicted molar refractivity (Wildman–Crippen MR) is 142 cm³/mol. The third-order valence-corrected chi connectivity index (χ3v) is 11.5. The largest absolute Gasteiger partial charge is 0.469 e. The van der Waals surface area contributed by atoms with Crippen LogP contribution in [0.25, 0.3) is 0 Å². The van der Waals surface area contributed by atoms with E-state index in [4.69, 9.17) is 9.47 Å². The number of carbonyl (C=O) groups is 3. The van der Waals surface area contributed by atoms with E-state index in [1.807, 2.05) is 18.2 Å². The molecule has 4 fully saturated rings. The van der Waals surface area contributed by atoms with Crippen LogP contribution >= 0.6 is 0 Å². The molecule has 1 aromatic rings. The minimum absolute atomic E-state index is 0.101. The van der Waals surface area contributed by atoms with Gasteiger partial charge in [-0.3, -0.25) is 9.59 Å². The molecule has 0 N–H and O–H groups in total. The van der Waals surface area contributed by atoms with Gasteiger partial charge in [-0.25, -0.2) is 4.79 Å². The number of fused-ring (bicyclic) bond motifs is 5. The van der Waals surface area contributed by atoms with Gasteiger partial charge >= 0.3 is 11.9 Å². The summed E-state index contributed by atoms with van der Waals surface area (Å²) < 4.78 is 10.8. The molecule has 37 heavy (non-hydrogen) atoms. The first-order valence-corrected chi connectivity index (χ1v) is 14.5. The molecule has 5 heteroatoms. The fraction of sp³-hybridized carbons (Fsp3) is 0.719. The summed E-state index contributed by atoms with van der Waals surface area (Å²) in [7, 11) is 1.46. The third kappa shape index (κ3) is 4.65. The van der Waals surface area contributed by atoms with Gasteiger partial charge in [0, 0.05) is 18.8 Å². The van der Waals surface area contributed by atoms with Gasteiger partial charge in [-0.15, -0.1) is 0 Å². The zero-order valence-electron chi connectivity index (χ0n) is 23.0. The molecule has 1 aromatic carbocycles. The fourth-order valence-electron chi connectivity index (χ4n) is 9.42. The summed E-state index contributed by atoms with van der Waals surface area (Å²) in [5.74, 6) is 2.47. The van der Waals surface area contributed by atoms with Crippen LogP contribution in [0.1, 0.15) is 95.3 Å². The summed E-state index contributed by atoms with van der Waals surface area (Å²) in [4.78, 5) is 38.3. The Balaban J connectivity index is 1.27. The van der Waals surface area contributed by atoms with Crippen LogP contribution in [0.5, 0.6) is 0 Å². The Hall–Kier alpha value is -2.17. The summed E-state index contributed by atoms with van der Waals surface area (Å²) in [6.45, 7) is 7.18. The van der Waals surface area contributed by atoms with Gasteiger partial charge in [-0.05, 0) is 104 Å². The lowest BCUT2D eigenvalue weighted by Crippen LogP contribution is -2.57. The lowest BCUT2D eigenvalue weighted by molar-refractivity contribution is -0.161. The first kappa shape index (κ1) is 26.4. The van der Waals surface area contributed by atoms with Crippen LogP contribution in [-0.4, -0.2) is 30.9 Å². The van der Waals surface area contributed by atoms with E-state index in [-0.39, 0.29) is 34.8 Å². The van der Waals surface area contributed by atoms with Crippen molar-refractivity contribution >= 4 is 17.7 Å². The summed E-state index contributed by atoms with van der Waals surface area (Å²) in [5.41, 5.74) is 0.918. The quantitative estimate of drug-likeness (QED) is 0.403. The SMILES string of the molecule is COC(=O)CC[C@@H](C)[C@H]1CC[C@H]2[C@@H]3C(=O)C[C@@H]4C[C@H](OC(=O)c5ccccc5)CC[C@]4(C)[C@H]3CC[C@]12C. The van der Waals surface area contributed by atoms with Gasteiger partial charge in [0.1, 0.15) is 11.9 Å². The van der Waals surface area contributed by atoms with Crippen molar-refractivity contribution in [3.05, 3.63) is 35.9 Å². The van der Waals surface area contributed by atoms with Gasteiger partial charge in [0.25, 0.3) is 0 Å². The Morgan fingerprint density at radius 3 is 2.43 bits per heavy atom. The maximum Gasteiger partial charge on any atom is 0.338 e. The van der Waals surface area contributed by atoms with Crippen molar-refractivity contribution in [2.24, 2.45) is 46.3 Å². The van der Waals surface area contributed by atoms with Crippen molar-refractivity contribution < 1.29 is 23.9 Å². The standard InChI is InChI=1S/C32H44O5/c1-20(10-13-28(34)36-4)24-11-12-25-29-26(15-17-32(24,25)3)31(2)16-14-23(18-22(31)19-27(29)33)37-30(35)21-8-6-5-7-9-21/h5-9,20,22-26,29H,10-19H2,1-4H3/t20-,22+,23-,24-,25+,26+,29+,31+,32-/m1/s1. The molecule has 0 radical (unpaired) electrons. The van der Waals surface area contributed by atoms with E-state index < -0.39 is 0 Å². The van der Waals surface area contributed by atoms with Crippen LogP contribution in [0.3, 0.4) is 0 Å². The number of carbonyl (C=O) groups excluding carboxylic acids is 3. The molecule has 5 rings (SSSR count). The predicted octanol–water partition coefficient (Wildman–Crippen LogP) is 6.64. The molecule has 9 atom stereocenters. The molecule has 0 saturated heterocycles. The third-order valence-electron chi connectivity index (χ3n) is 11.5. The second-order valence-electron chi connectivity index (χ2n) is 13.1. The Morgan fingerprint density at radius 2 is 1.70 bits per heavy atom. The van der Waals surface area contributed by atoms with Gasteiger partial charge < -0.3 is 9.47 Å². The highest BCUT2D eigenvalue weighted by atomic mass is 16.5. The second-order valence-corrected chi connectivity index (χ2v) is 13.1. The lowest BCUT2D eigenvalue weighted by Gasteiger charge is -2.60. The Labute approximate surface area is 222 Å². The first-order valence-electron chi connectivity index (χ1n) is 14.5. The molecule has 4 aliphatic carbocycles. The molecule has 202 valence electrons. The van der Waals surface area contributed by atoms with Crippen molar-refractivity contribution in [1.29, 1.82) is 0 Å². The number of methoxy groups -OCH3 is 1. The van der Waals surface area contributed by atoms with Crippen LogP contribution in [0.15, 0.2) is 30.3 Å². The molecule has 0 amide bonds. The zero-order chi connectivity index (χ0) is 26.4. The Morgan fingerprint density at radius 1 is 1.00 bits per heavy atom. The normalized spacial score (nSPS) is 39.6. The van der Waals surface area contributed by atoms with Crippen molar-refractivity contribution in [3.63, 3.8) is 0 Å². The smallest absolute Gasteiger partial charge is 0.338 e. The van der Waals surface area contributed by atoms with E-state index in [2.05, 4.69) is 20.8 Å². The van der Waals surface area contributed by atoms with Crippen LogP contribution in [0, 0.1) is 46.3 Å². The van der Waals surface area contributed by atoms with Crippen molar-refractivity contribution in [2.45, 2.75) is 91.1 Å². The second kappa shape index (κ2) is 10.2. The molecule has 5 nitrogen and oxygen atoms in total. The number of ether oxygens (including phenoxy) is 2. The van der Waals surface area contributed by atoms with Gasteiger partial charge in [-0.2, -0.15) is 0 Å². The van der Waals surface area contributed by atoms with E-state index >= 15 is 0 Å². The molecular formula is C32H44O5. The summed E-state index contributed by atoms with van der Waals surface area (Å²) in [5, 5.41) is 0. The molecule has 0 aromatic heterocycles. The van der Waals surface area contributed by atoms with Crippen molar-refractivity contribution in [1.82, 2.24) is 0 Å². The fourth-order valence-corrected chi connectivity index (χ4v) is 9.42. The number of ketones is 1. The average Bonchev–Trinajstić information content (AvgIpc) is 3.25. The van der Waals surface area contributed by atoms with E-state index in [1.165, 1.54) is 13.5 Å². The van der Waals surface area contributed by atoms with Crippen LogP contribution in [0.2, 0.25) is 0 Å². The maximum absolute atomic E-state index is 13.8. The minimum Gasteiger partial charge on any atom is -0.469 e. The Bertz CT molecular complexity index is 1020. The highest BCUT2D eigenvalue weighted by Crippen LogP contribution is 2.67. The highest BCUT2D eigenvalue weighted by Gasteiger charge is 2.63. The molecule has 0 heterocycles. The van der Waals surface area contributed by atoms with Gasteiger partial charge in [-0.1, -0.05) is 39.0 Å². The minimum atomic E-state index is -0.249. The van der Waals surface area contributed by atoms with Crippen molar-refractivity contribution in [3.8, 4) is 0 Å². The molecule has 4 aliphatic rings.